The van der Waals surface area contributed by atoms with Crippen molar-refractivity contribution >= 4 is 23.2 Å². The topological polar surface area (TPSA) is 29.3 Å². The second-order valence-electron chi connectivity index (χ2n) is 4.92. The molecule has 21 heavy (non-hydrogen) atoms. The molecular weight excluding hydrogens is 310 g/mol. The zero-order chi connectivity index (χ0) is 15.4. The molecule has 0 spiro atoms. The van der Waals surface area contributed by atoms with E-state index in [9.17, 15) is 4.39 Å². The molecule has 1 atom stereocenters. The predicted molar refractivity (Wildman–Crippen MR) is 86.1 cm³/mol. The Morgan fingerprint density at radius 1 is 1.19 bits per heavy atom. The van der Waals surface area contributed by atoms with Gasteiger partial charge in [0.2, 0.25) is 0 Å². The first-order chi connectivity index (χ1) is 10.0. The van der Waals surface area contributed by atoms with Crippen LogP contribution in [0.1, 0.15) is 17.2 Å². The van der Waals surface area contributed by atoms with Gasteiger partial charge in [-0.2, -0.15) is 0 Å². The molecule has 0 bridgehead atoms. The lowest BCUT2D eigenvalue weighted by atomic mass is 10.0. The van der Waals surface area contributed by atoms with Crippen molar-refractivity contribution in [3.8, 4) is 0 Å². The number of hydrogen-bond acceptors (Lipinski definition) is 2. The molecule has 0 fully saturated rings. The molecule has 0 saturated carbocycles. The number of nitrogens with zero attached hydrogens (tertiary/aromatic N) is 1. The lowest BCUT2D eigenvalue weighted by Crippen LogP contribution is -2.31. The van der Waals surface area contributed by atoms with Crippen LogP contribution in [0.5, 0.6) is 0 Å². The second-order valence-corrected chi connectivity index (χ2v) is 5.77. The predicted octanol–water partition coefficient (Wildman–Crippen LogP) is 4.26. The Hall–Kier alpha value is -1.13. The second kappa shape index (κ2) is 7.23. The van der Waals surface area contributed by atoms with Gasteiger partial charge < -0.3 is 5.73 Å². The molecule has 2 nitrogen and oxygen atoms in total. The lowest BCUT2D eigenvalue weighted by Gasteiger charge is -2.28. The summed E-state index contributed by atoms with van der Waals surface area (Å²) in [6.07, 6.45) is 0. The van der Waals surface area contributed by atoms with Crippen LogP contribution >= 0.6 is 23.2 Å². The summed E-state index contributed by atoms with van der Waals surface area (Å²) in [4.78, 5) is 1.98. The van der Waals surface area contributed by atoms with Gasteiger partial charge in [0.15, 0.2) is 0 Å². The SMILES string of the molecule is CN(Cc1ccccc1Cl)C(CN)c1ccc(Cl)cc1F. The standard InChI is InChI=1S/C16H17Cl2FN2/c1-21(10-11-4-2-3-5-14(11)18)16(9-20)13-7-6-12(17)8-15(13)19/h2-8,16H,9-10,20H2,1H3. The fourth-order valence-electron chi connectivity index (χ4n) is 2.32. The third-order valence-corrected chi connectivity index (χ3v) is 4.06. The number of likely N-dealkylation sites (N-methyl/N-ethyl adjacent to an activating group) is 1. The maximum atomic E-state index is 14.1. The van der Waals surface area contributed by atoms with Crippen molar-refractivity contribution in [3.63, 3.8) is 0 Å². The minimum Gasteiger partial charge on any atom is -0.329 e. The van der Waals surface area contributed by atoms with Crippen LogP contribution in [-0.4, -0.2) is 18.5 Å². The van der Waals surface area contributed by atoms with Crippen LogP contribution in [0, 0.1) is 5.82 Å². The molecule has 0 aliphatic heterocycles. The van der Waals surface area contributed by atoms with E-state index in [0.29, 0.717) is 28.7 Å². The van der Waals surface area contributed by atoms with E-state index in [0.717, 1.165) is 5.56 Å². The molecule has 0 aliphatic rings. The Morgan fingerprint density at radius 2 is 1.90 bits per heavy atom. The van der Waals surface area contributed by atoms with Crippen molar-refractivity contribution in [3.05, 3.63) is 69.5 Å². The van der Waals surface area contributed by atoms with E-state index in [1.54, 1.807) is 12.1 Å². The van der Waals surface area contributed by atoms with Gasteiger partial charge in [-0.1, -0.05) is 47.5 Å². The van der Waals surface area contributed by atoms with Crippen molar-refractivity contribution in [1.29, 1.82) is 0 Å². The summed E-state index contributed by atoms with van der Waals surface area (Å²) in [6.45, 7) is 0.892. The molecule has 2 rings (SSSR count). The van der Waals surface area contributed by atoms with E-state index in [-0.39, 0.29) is 11.9 Å². The average Bonchev–Trinajstić information content (AvgIpc) is 2.44. The molecule has 5 heteroatoms. The number of halogens is 3. The van der Waals surface area contributed by atoms with Gasteiger partial charge in [-0.15, -0.1) is 0 Å². The fourth-order valence-corrected chi connectivity index (χ4v) is 2.68. The largest absolute Gasteiger partial charge is 0.329 e. The minimum atomic E-state index is -0.344. The molecule has 2 aromatic carbocycles. The molecule has 0 aromatic heterocycles. The monoisotopic (exact) mass is 326 g/mol. The average molecular weight is 327 g/mol. The van der Waals surface area contributed by atoms with Gasteiger partial charge in [0, 0.05) is 34.7 Å². The van der Waals surface area contributed by atoms with Gasteiger partial charge in [0.1, 0.15) is 5.82 Å². The first-order valence-electron chi connectivity index (χ1n) is 6.61. The van der Waals surface area contributed by atoms with Crippen LogP contribution in [0.3, 0.4) is 0 Å². The third kappa shape index (κ3) is 3.95. The van der Waals surface area contributed by atoms with Gasteiger partial charge >= 0.3 is 0 Å². The summed E-state index contributed by atoms with van der Waals surface area (Å²) in [5.41, 5.74) is 7.35. The fraction of sp³-hybridized carbons (Fsp3) is 0.250. The van der Waals surface area contributed by atoms with Gasteiger partial charge in [0.25, 0.3) is 0 Å². The van der Waals surface area contributed by atoms with Crippen molar-refractivity contribution in [1.82, 2.24) is 4.90 Å². The molecule has 2 aromatic rings. The molecule has 0 heterocycles. The van der Waals surface area contributed by atoms with Crippen LogP contribution in [-0.2, 0) is 6.54 Å². The molecule has 112 valence electrons. The molecule has 0 saturated heterocycles. The van der Waals surface area contributed by atoms with Gasteiger partial charge in [0.05, 0.1) is 0 Å². The van der Waals surface area contributed by atoms with E-state index >= 15 is 0 Å². The van der Waals surface area contributed by atoms with E-state index in [1.165, 1.54) is 6.07 Å². The van der Waals surface area contributed by atoms with E-state index < -0.39 is 0 Å². The van der Waals surface area contributed by atoms with Crippen LogP contribution in [0.15, 0.2) is 42.5 Å². The Labute approximate surface area is 134 Å². The highest BCUT2D eigenvalue weighted by Gasteiger charge is 2.20. The van der Waals surface area contributed by atoms with E-state index in [2.05, 4.69) is 0 Å². The number of rotatable bonds is 5. The summed E-state index contributed by atoms with van der Waals surface area (Å²) in [5.74, 6) is -0.344. The molecule has 0 radical (unpaired) electrons. The maximum Gasteiger partial charge on any atom is 0.129 e. The number of nitrogens with two attached hydrogens (primary N) is 1. The highest BCUT2D eigenvalue weighted by molar-refractivity contribution is 6.31. The normalized spacial score (nSPS) is 12.7. The van der Waals surface area contributed by atoms with Crippen molar-refractivity contribution in [2.24, 2.45) is 5.73 Å². The Balaban J connectivity index is 2.22. The zero-order valence-corrected chi connectivity index (χ0v) is 13.2. The van der Waals surface area contributed by atoms with E-state index in [4.69, 9.17) is 28.9 Å². The van der Waals surface area contributed by atoms with Gasteiger partial charge in [-0.05, 0) is 30.8 Å². The summed E-state index contributed by atoms with van der Waals surface area (Å²) in [6, 6.07) is 12.0. The molecule has 0 amide bonds. The summed E-state index contributed by atoms with van der Waals surface area (Å²) in [7, 11) is 1.90. The van der Waals surface area contributed by atoms with E-state index in [1.807, 2.05) is 36.2 Å². The highest BCUT2D eigenvalue weighted by atomic mass is 35.5. The van der Waals surface area contributed by atoms with Crippen molar-refractivity contribution in [2.75, 3.05) is 13.6 Å². The van der Waals surface area contributed by atoms with Crippen molar-refractivity contribution in [2.45, 2.75) is 12.6 Å². The first-order valence-corrected chi connectivity index (χ1v) is 7.37. The molecule has 0 aliphatic carbocycles. The zero-order valence-electron chi connectivity index (χ0n) is 11.7. The Morgan fingerprint density at radius 3 is 2.52 bits per heavy atom. The summed E-state index contributed by atoms with van der Waals surface area (Å²) >= 11 is 12.0. The summed E-state index contributed by atoms with van der Waals surface area (Å²) in [5, 5.41) is 1.07. The Bertz CT molecular complexity index is 619. The summed E-state index contributed by atoms with van der Waals surface area (Å²) < 4.78 is 14.1. The highest BCUT2D eigenvalue weighted by Crippen LogP contribution is 2.26. The molecular formula is C16H17Cl2FN2. The maximum absolute atomic E-state index is 14.1. The van der Waals surface area contributed by atoms with Crippen molar-refractivity contribution < 1.29 is 4.39 Å². The quantitative estimate of drug-likeness (QED) is 0.889. The third-order valence-electron chi connectivity index (χ3n) is 3.45. The smallest absolute Gasteiger partial charge is 0.129 e. The van der Waals surface area contributed by atoms with Crippen LogP contribution in [0.2, 0.25) is 10.0 Å². The first kappa shape index (κ1) is 16.2. The van der Waals surface area contributed by atoms with Gasteiger partial charge in [-0.3, -0.25) is 4.90 Å². The lowest BCUT2D eigenvalue weighted by molar-refractivity contribution is 0.237. The number of hydrogen-bond donors (Lipinski definition) is 1. The Kier molecular flexibility index (Phi) is 5.59. The minimum absolute atomic E-state index is 0.237. The van der Waals surface area contributed by atoms with Crippen LogP contribution in [0.4, 0.5) is 4.39 Å². The van der Waals surface area contributed by atoms with Gasteiger partial charge in [-0.25, -0.2) is 4.39 Å². The number of benzene rings is 2. The van der Waals surface area contributed by atoms with Crippen LogP contribution in [0.25, 0.3) is 0 Å². The van der Waals surface area contributed by atoms with Crippen LogP contribution < -0.4 is 5.73 Å². The molecule has 2 N–H and O–H groups in total. The molecule has 1 unspecified atom stereocenters.